The summed E-state index contributed by atoms with van der Waals surface area (Å²) in [5.74, 6) is 0.0479. The second-order valence-corrected chi connectivity index (χ2v) is 7.51. The number of aryl methyl sites for hydroxylation is 1. The molecule has 0 unspecified atom stereocenters. The topological polar surface area (TPSA) is 86.8 Å². The Hall–Kier alpha value is -3.10. The summed E-state index contributed by atoms with van der Waals surface area (Å²) in [5, 5.41) is 3.62. The number of thiazole rings is 1. The van der Waals surface area contributed by atoms with E-state index in [1.807, 2.05) is 6.07 Å². The van der Waals surface area contributed by atoms with Crippen LogP contribution >= 0.6 is 22.9 Å². The highest BCUT2D eigenvalue weighted by atomic mass is 35.5. The number of ether oxygens (including phenoxy) is 3. The van der Waals surface area contributed by atoms with E-state index in [2.05, 4.69) is 10.3 Å². The van der Waals surface area contributed by atoms with Crippen molar-refractivity contribution < 1.29 is 23.8 Å². The minimum atomic E-state index is -0.619. The van der Waals surface area contributed by atoms with Crippen LogP contribution in [0, 0.1) is 6.92 Å². The van der Waals surface area contributed by atoms with Crippen LogP contribution in [0.4, 0.5) is 5.69 Å². The van der Waals surface area contributed by atoms with Gasteiger partial charge in [0, 0.05) is 5.56 Å². The van der Waals surface area contributed by atoms with Gasteiger partial charge in [0.1, 0.15) is 9.88 Å². The third kappa shape index (κ3) is 4.90. The first-order valence-corrected chi connectivity index (χ1v) is 10.0. The van der Waals surface area contributed by atoms with E-state index in [4.69, 9.17) is 25.8 Å². The molecule has 0 bridgehead atoms. The summed E-state index contributed by atoms with van der Waals surface area (Å²) in [4.78, 5) is 29.3. The highest BCUT2D eigenvalue weighted by Crippen LogP contribution is 2.35. The van der Waals surface area contributed by atoms with Gasteiger partial charge in [0.2, 0.25) is 0 Å². The maximum Gasteiger partial charge on any atom is 0.350 e. The van der Waals surface area contributed by atoms with Gasteiger partial charge in [-0.3, -0.25) is 4.79 Å². The van der Waals surface area contributed by atoms with Crippen molar-refractivity contribution in [1.29, 1.82) is 0 Å². The fourth-order valence-electron chi connectivity index (χ4n) is 2.62. The molecule has 156 valence electrons. The third-order valence-corrected chi connectivity index (χ3v) is 5.61. The average Bonchev–Trinajstić information content (AvgIpc) is 3.14. The van der Waals surface area contributed by atoms with E-state index in [1.54, 1.807) is 57.5 Å². The maximum atomic E-state index is 12.5. The number of para-hydroxylation sites is 1. The maximum absolute atomic E-state index is 12.5. The van der Waals surface area contributed by atoms with Crippen LogP contribution in [0.2, 0.25) is 5.02 Å². The predicted molar refractivity (Wildman–Crippen MR) is 116 cm³/mol. The summed E-state index contributed by atoms with van der Waals surface area (Å²) in [6.07, 6.45) is 0. The smallest absolute Gasteiger partial charge is 0.350 e. The predicted octanol–water partition coefficient (Wildman–Crippen LogP) is 4.58. The van der Waals surface area contributed by atoms with Crippen molar-refractivity contribution >= 4 is 40.5 Å². The molecule has 0 saturated heterocycles. The van der Waals surface area contributed by atoms with Crippen LogP contribution < -0.4 is 14.8 Å². The zero-order chi connectivity index (χ0) is 21.7. The molecular formula is C21H19ClN2O5S. The molecule has 0 fully saturated rings. The van der Waals surface area contributed by atoms with Gasteiger partial charge in [-0.1, -0.05) is 23.7 Å². The fraction of sp³-hybridized carbons (Fsp3) is 0.190. The highest BCUT2D eigenvalue weighted by Gasteiger charge is 2.19. The fourth-order valence-corrected chi connectivity index (χ4v) is 3.76. The summed E-state index contributed by atoms with van der Waals surface area (Å²) in [6, 6.07) is 12.2. The van der Waals surface area contributed by atoms with Crippen LogP contribution in [-0.4, -0.2) is 37.7 Å². The Morgan fingerprint density at radius 2 is 1.83 bits per heavy atom. The number of rotatable bonds is 7. The molecule has 0 spiro atoms. The zero-order valence-electron chi connectivity index (χ0n) is 16.5. The van der Waals surface area contributed by atoms with Crippen LogP contribution in [0.25, 0.3) is 10.6 Å². The summed E-state index contributed by atoms with van der Waals surface area (Å²) >= 11 is 7.18. The van der Waals surface area contributed by atoms with E-state index in [0.717, 1.165) is 5.56 Å². The molecular weight excluding hydrogens is 428 g/mol. The SMILES string of the molecule is COc1ccc(-c2nc(C)c(C(=O)OCC(=O)Nc3ccccc3Cl)s2)cc1OC. The van der Waals surface area contributed by atoms with Gasteiger partial charge < -0.3 is 19.5 Å². The van der Waals surface area contributed by atoms with Crippen molar-refractivity contribution in [3.8, 4) is 22.1 Å². The number of nitrogens with one attached hydrogen (secondary N) is 1. The second-order valence-electron chi connectivity index (χ2n) is 6.11. The minimum absolute atomic E-state index is 0.324. The van der Waals surface area contributed by atoms with Gasteiger partial charge in [0.05, 0.1) is 30.6 Å². The normalized spacial score (nSPS) is 10.4. The van der Waals surface area contributed by atoms with Crippen LogP contribution in [0.1, 0.15) is 15.4 Å². The van der Waals surface area contributed by atoms with Gasteiger partial charge in [-0.25, -0.2) is 9.78 Å². The van der Waals surface area contributed by atoms with Crippen LogP contribution in [0.3, 0.4) is 0 Å². The quantitative estimate of drug-likeness (QED) is 0.534. The molecule has 0 saturated carbocycles. The molecule has 2 aromatic carbocycles. The molecule has 3 rings (SSSR count). The van der Waals surface area contributed by atoms with Crippen LogP contribution in [-0.2, 0) is 9.53 Å². The lowest BCUT2D eigenvalue weighted by atomic mass is 10.2. The standard InChI is InChI=1S/C21H19ClN2O5S/c1-12-19(21(26)29-11-18(25)24-15-7-5-4-6-14(15)22)30-20(23-12)13-8-9-16(27-2)17(10-13)28-3/h4-10H,11H2,1-3H3,(H,24,25). The Balaban J connectivity index is 1.68. The van der Waals surface area contributed by atoms with Crippen molar-refractivity contribution in [2.45, 2.75) is 6.92 Å². The number of carbonyl (C=O) groups is 2. The van der Waals surface area contributed by atoms with E-state index in [1.165, 1.54) is 11.3 Å². The number of aromatic nitrogens is 1. The number of anilines is 1. The first-order valence-electron chi connectivity index (χ1n) is 8.84. The Bertz CT molecular complexity index is 1080. The summed E-state index contributed by atoms with van der Waals surface area (Å²) in [7, 11) is 3.10. The van der Waals surface area contributed by atoms with Crippen LogP contribution in [0.5, 0.6) is 11.5 Å². The highest BCUT2D eigenvalue weighted by molar-refractivity contribution is 7.17. The number of halogens is 1. The molecule has 1 heterocycles. The zero-order valence-corrected chi connectivity index (χ0v) is 18.1. The second kappa shape index (κ2) is 9.60. The molecule has 7 nitrogen and oxygen atoms in total. The molecule has 0 aliphatic heterocycles. The third-order valence-electron chi connectivity index (χ3n) is 4.09. The van der Waals surface area contributed by atoms with E-state index in [-0.39, 0.29) is 0 Å². The Kier molecular flexibility index (Phi) is 6.91. The molecule has 1 aromatic heterocycles. The lowest BCUT2D eigenvalue weighted by Gasteiger charge is -2.08. The van der Waals surface area contributed by atoms with Crippen molar-refractivity contribution in [2.75, 3.05) is 26.1 Å². The molecule has 0 atom stereocenters. The summed E-state index contributed by atoms with van der Waals surface area (Å²) in [5.41, 5.74) is 1.74. The van der Waals surface area contributed by atoms with Gasteiger partial charge in [-0.15, -0.1) is 11.3 Å². The van der Waals surface area contributed by atoms with Gasteiger partial charge in [0.15, 0.2) is 18.1 Å². The first kappa shape index (κ1) is 21.6. The van der Waals surface area contributed by atoms with Crippen molar-refractivity contribution in [1.82, 2.24) is 4.98 Å². The average molecular weight is 447 g/mol. The number of hydrogen-bond donors (Lipinski definition) is 1. The van der Waals surface area contributed by atoms with Gasteiger partial charge >= 0.3 is 5.97 Å². The number of methoxy groups -OCH3 is 2. The Morgan fingerprint density at radius 1 is 1.10 bits per heavy atom. The number of esters is 1. The Morgan fingerprint density at radius 3 is 2.53 bits per heavy atom. The molecule has 1 N–H and O–H groups in total. The minimum Gasteiger partial charge on any atom is -0.493 e. The monoisotopic (exact) mass is 446 g/mol. The Labute approximate surface area is 182 Å². The summed E-state index contributed by atoms with van der Waals surface area (Å²) < 4.78 is 15.7. The van der Waals surface area contributed by atoms with Gasteiger partial charge in [-0.05, 0) is 37.3 Å². The first-order chi connectivity index (χ1) is 14.4. The number of amides is 1. The number of carbonyl (C=O) groups excluding carboxylic acids is 2. The lowest BCUT2D eigenvalue weighted by Crippen LogP contribution is -2.21. The lowest BCUT2D eigenvalue weighted by molar-refractivity contribution is -0.119. The number of benzene rings is 2. The number of nitrogens with zero attached hydrogens (tertiary/aromatic N) is 1. The molecule has 30 heavy (non-hydrogen) atoms. The molecule has 3 aromatic rings. The molecule has 1 amide bonds. The molecule has 0 radical (unpaired) electrons. The largest absolute Gasteiger partial charge is 0.493 e. The number of hydrogen-bond acceptors (Lipinski definition) is 7. The van der Waals surface area contributed by atoms with Gasteiger partial charge in [0.25, 0.3) is 5.91 Å². The van der Waals surface area contributed by atoms with E-state index < -0.39 is 18.5 Å². The van der Waals surface area contributed by atoms with Crippen molar-refractivity contribution in [3.63, 3.8) is 0 Å². The van der Waals surface area contributed by atoms with Gasteiger partial charge in [-0.2, -0.15) is 0 Å². The summed E-state index contributed by atoms with van der Waals surface area (Å²) in [6.45, 7) is 1.27. The molecule has 0 aliphatic rings. The van der Waals surface area contributed by atoms with E-state index in [0.29, 0.717) is 37.8 Å². The van der Waals surface area contributed by atoms with Crippen molar-refractivity contribution in [3.05, 3.63) is 58.1 Å². The molecule has 0 aliphatic carbocycles. The molecule has 9 heteroatoms. The van der Waals surface area contributed by atoms with E-state index >= 15 is 0 Å². The van der Waals surface area contributed by atoms with Crippen LogP contribution in [0.15, 0.2) is 42.5 Å². The van der Waals surface area contributed by atoms with Crippen molar-refractivity contribution in [2.24, 2.45) is 0 Å². The van der Waals surface area contributed by atoms with E-state index in [9.17, 15) is 9.59 Å².